The number of rotatable bonds is 8. The molecule has 1 aromatic heterocycles. The number of carbonyl (C=O) groups excluding carboxylic acids is 2. The van der Waals surface area contributed by atoms with E-state index in [1.807, 2.05) is 6.07 Å². The maximum absolute atomic E-state index is 12.7. The molecule has 1 atom stereocenters. The Balaban J connectivity index is 1.96. The topological polar surface area (TPSA) is 75.0 Å². The van der Waals surface area contributed by atoms with Gasteiger partial charge in [-0.25, -0.2) is 4.79 Å². The molecule has 0 saturated heterocycles. The first-order valence-corrected chi connectivity index (χ1v) is 10.1. The van der Waals surface area contributed by atoms with E-state index in [-0.39, 0.29) is 19.0 Å². The average Bonchev–Trinajstić information content (AvgIpc) is 3.17. The van der Waals surface area contributed by atoms with Gasteiger partial charge in [0, 0.05) is 16.5 Å². The van der Waals surface area contributed by atoms with Crippen molar-refractivity contribution in [3.05, 3.63) is 64.3 Å². The molecule has 0 N–H and O–H groups in total. The van der Waals surface area contributed by atoms with Gasteiger partial charge in [0.25, 0.3) is 0 Å². The van der Waals surface area contributed by atoms with Crippen molar-refractivity contribution in [3.8, 4) is 5.75 Å². The molecular weight excluding hydrogens is 440 g/mol. The zero-order valence-corrected chi connectivity index (χ0v) is 17.7. The molecule has 0 saturated carbocycles. The molecule has 29 heavy (non-hydrogen) atoms. The van der Waals surface area contributed by atoms with Crippen LogP contribution in [0.2, 0.25) is 0 Å². The van der Waals surface area contributed by atoms with Crippen molar-refractivity contribution in [3.63, 3.8) is 0 Å². The van der Waals surface area contributed by atoms with Crippen molar-refractivity contribution in [2.24, 2.45) is 0 Å². The highest BCUT2D eigenvalue weighted by Crippen LogP contribution is 2.33. The van der Waals surface area contributed by atoms with Gasteiger partial charge in [-0.15, -0.1) is 0 Å². The SMILES string of the molecule is CCOC(=O)Cc1ccccc1OC(C(=O)OCC)c1cc(Br)c2occc2c1. The van der Waals surface area contributed by atoms with Gasteiger partial charge >= 0.3 is 11.9 Å². The lowest BCUT2D eigenvalue weighted by atomic mass is 10.1. The van der Waals surface area contributed by atoms with Gasteiger partial charge in [-0.1, -0.05) is 18.2 Å². The third-order valence-electron chi connectivity index (χ3n) is 4.19. The third kappa shape index (κ3) is 4.98. The Hall–Kier alpha value is -2.80. The minimum Gasteiger partial charge on any atom is -0.474 e. The molecule has 152 valence electrons. The fourth-order valence-corrected chi connectivity index (χ4v) is 3.53. The predicted octanol–water partition coefficient (Wildman–Crippen LogP) is 4.98. The standard InChI is InChI=1S/C22H21BrO6/c1-3-26-19(24)13-14-7-5-6-8-18(14)29-21(22(25)27-4-2)16-11-15-9-10-28-20(15)17(23)12-16/h5-12,21H,3-4,13H2,1-2H3. The number of carbonyl (C=O) groups is 2. The lowest BCUT2D eigenvalue weighted by Gasteiger charge is -2.20. The van der Waals surface area contributed by atoms with E-state index in [1.54, 1.807) is 56.5 Å². The second-order valence-corrected chi connectivity index (χ2v) is 7.04. The molecule has 7 heteroatoms. The Labute approximate surface area is 176 Å². The first-order chi connectivity index (χ1) is 14.0. The van der Waals surface area contributed by atoms with Crippen molar-refractivity contribution in [1.29, 1.82) is 0 Å². The monoisotopic (exact) mass is 460 g/mol. The fraction of sp³-hybridized carbons (Fsp3) is 0.273. The largest absolute Gasteiger partial charge is 0.474 e. The van der Waals surface area contributed by atoms with Crippen LogP contribution in [0.25, 0.3) is 11.0 Å². The second kappa shape index (κ2) is 9.60. The molecule has 0 fully saturated rings. The molecule has 0 aliphatic heterocycles. The average molecular weight is 461 g/mol. The van der Waals surface area contributed by atoms with Gasteiger partial charge in [-0.2, -0.15) is 0 Å². The minimum absolute atomic E-state index is 0.0457. The van der Waals surface area contributed by atoms with Crippen molar-refractivity contribution in [2.75, 3.05) is 13.2 Å². The number of fused-ring (bicyclic) bond motifs is 1. The number of esters is 2. The van der Waals surface area contributed by atoms with Gasteiger partial charge in [0.2, 0.25) is 6.10 Å². The van der Waals surface area contributed by atoms with Crippen LogP contribution in [-0.4, -0.2) is 25.2 Å². The Morgan fingerprint density at radius 1 is 1.07 bits per heavy atom. The quantitative estimate of drug-likeness (QED) is 0.441. The van der Waals surface area contributed by atoms with Crippen molar-refractivity contribution < 1.29 is 28.2 Å². The fourth-order valence-electron chi connectivity index (χ4n) is 2.94. The predicted molar refractivity (Wildman–Crippen MR) is 111 cm³/mol. The highest BCUT2D eigenvalue weighted by molar-refractivity contribution is 9.10. The van der Waals surface area contributed by atoms with Crippen LogP contribution in [0.3, 0.4) is 0 Å². The van der Waals surface area contributed by atoms with E-state index in [0.717, 1.165) is 5.39 Å². The molecule has 3 rings (SSSR count). The van der Waals surface area contributed by atoms with Crippen LogP contribution in [0, 0.1) is 0 Å². The van der Waals surface area contributed by atoms with Crippen LogP contribution in [0.1, 0.15) is 31.1 Å². The number of ether oxygens (including phenoxy) is 3. The van der Waals surface area contributed by atoms with E-state index in [1.165, 1.54) is 0 Å². The number of halogens is 1. The summed E-state index contributed by atoms with van der Waals surface area (Å²) in [5.41, 5.74) is 1.91. The molecule has 6 nitrogen and oxygen atoms in total. The van der Waals surface area contributed by atoms with Gasteiger partial charge < -0.3 is 18.6 Å². The van der Waals surface area contributed by atoms with Crippen molar-refractivity contribution >= 4 is 38.8 Å². The van der Waals surface area contributed by atoms with Crippen LogP contribution >= 0.6 is 15.9 Å². The van der Waals surface area contributed by atoms with Crippen molar-refractivity contribution in [2.45, 2.75) is 26.4 Å². The Morgan fingerprint density at radius 3 is 2.59 bits per heavy atom. The zero-order chi connectivity index (χ0) is 20.8. The van der Waals surface area contributed by atoms with Crippen LogP contribution in [0.5, 0.6) is 5.75 Å². The summed E-state index contributed by atoms with van der Waals surface area (Å²) in [6, 6.07) is 12.5. The van der Waals surface area contributed by atoms with Gasteiger partial charge in [0.05, 0.1) is 30.4 Å². The van der Waals surface area contributed by atoms with E-state index >= 15 is 0 Å². The lowest BCUT2D eigenvalue weighted by Crippen LogP contribution is -2.22. The Kier molecular flexibility index (Phi) is 6.93. The van der Waals surface area contributed by atoms with Crippen LogP contribution in [0.4, 0.5) is 0 Å². The summed E-state index contributed by atoms with van der Waals surface area (Å²) < 4.78 is 22.5. The van der Waals surface area contributed by atoms with E-state index in [0.29, 0.717) is 33.5 Å². The van der Waals surface area contributed by atoms with Crippen molar-refractivity contribution in [1.82, 2.24) is 0 Å². The number of hydrogen-bond donors (Lipinski definition) is 0. The molecular formula is C22H21BrO6. The Bertz CT molecular complexity index is 1010. The highest BCUT2D eigenvalue weighted by Gasteiger charge is 2.27. The maximum atomic E-state index is 12.7. The maximum Gasteiger partial charge on any atom is 0.352 e. The highest BCUT2D eigenvalue weighted by atomic mass is 79.9. The number of hydrogen-bond acceptors (Lipinski definition) is 6. The summed E-state index contributed by atoms with van der Waals surface area (Å²) in [5.74, 6) is -0.464. The van der Waals surface area contributed by atoms with E-state index in [4.69, 9.17) is 18.6 Å². The second-order valence-electron chi connectivity index (χ2n) is 6.18. The smallest absolute Gasteiger partial charge is 0.352 e. The summed E-state index contributed by atoms with van der Waals surface area (Å²) in [5, 5.41) is 0.826. The first kappa shape index (κ1) is 20.9. The molecule has 1 heterocycles. The lowest BCUT2D eigenvalue weighted by molar-refractivity contribution is -0.151. The molecule has 3 aromatic rings. The molecule has 0 spiro atoms. The number of para-hydroxylation sites is 1. The summed E-state index contributed by atoms with van der Waals surface area (Å²) >= 11 is 3.47. The molecule has 2 aromatic carbocycles. The molecule has 0 radical (unpaired) electrons. The summed E-state index contributed by atoms with van der Waals surface area (Å²) in [4.78, 5) is 24.6. The molecule has 0 aliphatic rings. The van der Waals surface area contributed by atoms with Gasteiger partial charge in [0.1, 0.15) is 11.3 Å². The third-order valence-corrected chi connectivity index (χ3v) is 4.78. The van der Waals surface area contributed by atoms with E-state index in [2.05, 4.69) is 15.9 Å². The summed E-state index contributed by atoms with van der Waals surface area (Å²) in [6.07, 6.45) is 0.617. The molecule has 1 unspecified atom stereocenters. The van der Waals surface area contributed by atoms with Gasteiger partial charge in [-0.3, -0.25) is 4.79 Å². The number of furan rings is 1. The first-order valence-electron chi connectivity index (χ1n) is 9.27. The molecule has 0 bridgehead atoms. The summed E-state index contributed by atoms with van der Waals surface area (Å²) in [6.45, 7) is 4.00. The summed E-state index contributed by atoms with van der Waals surface area (Å²) in [7, 11) is 0. The van der Waals surface area contributed by atoms with Crippen LogP contribution in [0.15, 0.2) is 57.6 Å². The van der Waals surface area contributed by atoms with Gasteiger partial charge in [-0.05, 0) is 54.0 Å². The van der Waals surface area contributed by atoms with Gasteiger partial charge in [0.15, 0.2) is 0 Å². The van der Waals surface area contributed by atoms with Crippen LogP contribution < -0.4 is 4.74 Å². The normalized spacial score (nSPS) is 11.8. The van der Waals surface area contributed by atoms with Crippen LogP contribution in [-0.2, 0) is 25.5 Å². The molecule has 0 aliphatic carbocycles. The zero-order valence-electron chi connectivity index (χ0n) is 16.1. The molecule has 0 amide bonds. The number of benzene rings is 2. The minimum atomic E-state index is -1.01. The van der Waals surface area contributed by atoms with E-state index < -0.39 is 12.1 Å². The van der Waals surface area contributed by atoms with E-state index in [9.17, 15) is 9.59 Å². The Morgan fingerprint density at radius 2 is 1.83 bits per heavy atom.